The molecule has 0 fully saturated rings. The van der Waals surface area contributed by atoms with E-state index in [0.717, 1.165) is 11.1 Å². The number of aryl methyl sites for hydroxylation is 2. The van der Waals surface area contributed by atoms with Crippen LogP contribution in [0.5, 0.6) is 5.88 Å². The van der Waals surface area contributed by atoms with Crippen molar-refractivity contribution < 1.29 is 9.53 Å². The summed E-state index contributed by atoms with van der Waals surface area (Å²) in [4.78, 5) is 27.2. The van der Waals surface area contributed by atoms with Crippen LogP contribution in [0, 0.1) is 13.5 Å². The number of fused-ring (bicyclic) bond motifs is 5. The number of nitrogens with two attached hydrogens (primary N) is 1. The number of benzene rings is 1. The van der Waals surface area contributed by atoms with E-state index in [9.17, 15) is 4.79 Å². The lowest BCUT2D eigenvalue weighted by Gasteiger charge is -2.23. The van der Waals surface area contributed by atoms with Gasteiger partial charge in [-0.25, -0.2) is 14.6 Å². The Morgan fingerprint density at radius 2 is 2.10 bits per heavy atom. The molecule has 0 spiro atoms. The van der Waals surface area contributed by atoms with Crippen LogP contribution in [0.15, 0.2) is 24.4 Å². The third-order valence-corrected chi connectivity index (χ3v) is 5.12. The van der Waals surface area contributed by atoms with Crippen molar-refractivity contribution in [1.82, 2.24) is 24.6 Å². The highest BCUT2D eigenvalue weighted by Gasteiger charge is 2.27. The molecule has 3 heterocycles. The Morgan fingerprint density at radius 1 is 1.33 bits per heavy atom. The third-order valence-electron chi connectivity index (χ3n) is 5.12. The van der Waals surface area contributed by atoms with E-state index in [1.807, 2.05) is 26.0 Å². The zero-order valence-corrected chi connectivity index (χ0v) is 17.2. The molecule has 9 heteroatoms. The second-order valence-electron chi connectivity index (χ2n) is 7.34. The first kappa shape index (κ1) is 19.4. The van der Waals surface area contributed by atoms with E-state index in [4.69, 9.17) is 17.0 Å². The van der Waals surface area contributed by atoms with Gasteiger partial charge in [0, 0.05) is 18.2 Å². The van der Waals surface area contributed by atoms with Gasteiger partial charge in [0.05, 0.1) is 31.0 Å². The van der Waals surface area contributed by atoms with Crippen molar-refractivity contribution in [3.63, 3.8) is 0 Å². The molecule has 1 aliphatic rings. The van der Waals surface area contributed by atoms with Crippen LogP contribution in [0.3, 0.4) is 0 Å². The van der Waals surface area contributed by atoms with Gasteiger partial charge in [-0.05, 0) is 19.9 Å². The third kappa shape index (κ3) is 3.12. The van der Waals surface area contributed by atoms with Crippen LogP contribution in [0.2, 0.25) is 0 Å². The Bertz CT molecular complexity index is 1210. The topological polar surface area (TPSA) is 104 Å². The van der Waals surface area contributed by atoms with Crippen LogP contribution in [0.25, 0.3) is 16.1 Å². The van der Waals surface area contributed by atoms with E-state index in [1.165, 1.54) is 10.9 Å². The summed E-state index contributed by atoms with van der Waals surface area (Å²) < 4.78 is 7.52. The highest BCUT2D eigenvalue weighted by atomic mass is 16.5. The molecule has 1 aliphatic heterocycles. The maximum Gasteiger partial charge on any atom is 0.261 e. The summed E-state index contributed by atoms with van der Waals surface area (Å²) in [5.74, 6) is 0.427. The Balaban J connectivity index is 1.98. The minimum atomic E-state index is -0.489. The number of aromatic nitrogens is 4. The van der Waals surface area contributed by atoms with Crippen LogP contribution >= 0.6 is 0 Å². The van der Waals surface area contributed by atoms with Crippen LogP contribution < -0.4 is 10.5 Å². The highest BCUT2D eigenvalue weighted by Crippen LogP contribution is 2.36. The summed E-state index contributed by atoms with van der Waals surface area (Å²) in [6.45, 7) is 11.6. The Morgan fingerprint density at radius 3 is 2.83 bits per heavy atom. The van der Waals surface area contributed by atoms with E-state index >= 15 is 0 Å². The van der Waals surface area contributed by atoms with E-state index in [-0.39, 0.29) is 24.1 Å². The minimum Gasteiger partial charge on any atom is -0.467 e. The summed E-state index contributed by atoms with van der Waals surface area (Å²) in [5, 5.41) is 4.46. The normalized spacial score (nSPS) is 15.9. The average molecular weight is 403 g/mol. The first-order valence-corrected chi connectivity index (χ1v) is 9.39. The van der Waals surface area contributed by atoms with Crippen molar-refractivity contribution >= 4 is 17.5 Å². The second kappa shape index (κ2) is 7.15. The zero-order valence-electron chi connectivity index (χ0n) is 17.2. The molecule has 3 aromatic rings. The van der Waals surface area contributed by atoms with Crippen molar-refractivity contribution in [1.29, 1.82) is 0 Å². The number of nitrogens with zero attached hydrogens (tertiary/aromatic N) is 6. The van der Waals surface area contributed by atoms with Gasteiger partial charge in [0.1, 0.15) is 11.8 Å². The van der Waals surface area contributed by atoms with Gasteiger partial charge in [0.15, 0.2) is 5.82 Å². The molecule has 2 bridgehead atoms. The number of carbonyl (C=O) groups excluding carboxylic acids is 1. The fourth-order valence-corrected chi connectivity index (χ4v) is 3.61. The molecule has 0 radical (unpaired) electrons. The lowest BCUT2D eigenvalue weighted by molar-refractivity contribution is 0.0778. The van der Waals surface area contributed by atoms with Crippen LogP contribution in [0.4, 0.5) is 11.6 Å². The molecule has 0 saturated heterocycles. The lowest BCUT2D eigenvalue weighted by atomic mass is 9.99. The van der Waals surface area contributed by atoms with E-state index < -0.39 is 6.10 Å². The quantitative estimate of drug-likeness (QED) is 0.579. The minimum absolute atomic E-state index is 0.134. The number of rotatable bonds is 0. The summed E-state index contributed by atoms with van der Waals surface area (Å²) >= 11 is 0. The average Bonchev–Trinajstić information content (AvgIpc) is 3.03. The largest absolute Gasteiger partial charge is 0.467 e. The SMILES string of the molecule is [C-]#[N+]c1c2c(nn1C)CN(C)C(=O)c1ccc(C)cc1[C@@H](C)Oc1nc-2cnc1N. The van der Waals surface area contributed by atoms with E-state index in [1.54, 1.807) is 25.1 Å². The van der Waals surface area contributed by atoms with Gasteiger partial charge in [-0.15, -0.1) is 5.10 Å². The number of ether oxygens (including phenoxy) is 1. The molecule has 0 unspecified atom stereocenters. The summed E-state index contributed by atoms with van der Waals surface area (Å²) in [6.07, 6.45) is 1.01. The Labute approximate surface area is 173 Å². The van der Waals surface area contributed by atoms with E-state index in [0.29, 0.717) is 28.3 Å². The van der Waals surface area contributed by atoms with Crippen molar-refractivity contribution in [3.05, 3.63) is 58.2 Å². The molecule has 4 rings (SSSR count). The van der Waals surface area contributed by atoms with Gasteiger partial charge >= 0.3 is 0 Å². The number of amides is 1. The Hall–Kier alpha value is -3.93. The number of hydrogen-bond donors (Lipinski definition) is 1. The van der Waals surface area contributed by atoms with Crippen molar-refractivity contribution in [2.75, 3.05) is 12.8 Å². The molecule has 1 amide bonds. The fraction of sp³-hybridized carbons (Fsp3) is 0.286. The van der Waals surface area contributed by atoms with Gasteiger partial charge < -0.3 is 20.2 Å². The van der Waals surface area contributed by atoms with Crippen LogP contribution in [0.1, 0.15) is 40.2 Å². The number of nitrogen functional groups attached to an aromatic ring is 1. The van der Waals surface area contributed by atoms with E-state index in [2.05, 4.69) is 19.9 Å². The van der Waals surface area contributed by atoms with Gasteiger partial charge in [-0.3, -0.25) is 4.79 Å². The molecule has 1 aromatic carbocycles. The Kier molecular flexibility index (Phi) is 4.62. The second-order valence-corrected chi connectivity index (χ2v) is 7.34. The maximum absolute atomic E-state index is 13.3. The molecule has 1 atom stereocenters. The molecule has 30 heavy (non-hydrogen) atoms. The summed E-state index contributed by atoms with van der Waals surface area (Å²) in [5.41, 5.74) is 9.78. The monoisotopic (exact) mass is 403 g/mol. The molecular formula is C21H21N7O2. The molecule has 0 saturated carbocycles. The first-order valence-electron chi connectivity index (χ1n) is 9.39. The molecule has 9 nitrogen and oxygen atoms in total. The maximum atomic E-state index is 13.3. The van der Waals surface area contributed by atoms with Crippen molar-refractivity contribution in [3.8, 4) is 17.1 Å². The van der Waals surface area contributed by atoms with Gasteiger partial charge in [0.25, 0.3) is 17.6 Å². The summed E-state index contributed by atoms with van der Waals surface area (Å²) in [7, 11) is 3.39. The molecule has 152 valence electrons. The number of anilines is 1. The zero-order chi connectivity index (χ0) is 21.6. The van der Waals surface area contributed by atoms with Gasteiger partial charge in [-0.2, -0.15) is 0 Å². The molecule has 2 N–H and O–H groups in total. The van der Waals surface area contributed by atoms with Crippen LogP contribution in [-0.4, -0.2) is 37.6 Å². The lowest BCUT2D eigenvalue weighted by Crippen LogP contribution is -2.28. The first-order chi connectivity index (χ1) is 14.3. The highest BCUT2D eigenvalue weighted by molar-refractivity contribution is 5.96. The molecule has 0 aliphatic carbocycles. The smallest absolute Gasteiger partial charge is 0.261 e. The van der Waals surface area contributed by atoms with Crippen molar-refractivity contribution in [2.24, 2.45) is 7.05 Å². The fourth-order valence-electron chi connectivity index (χ4n) is 3.61. The number of carbonyl (C=O) groups is 1. The predicted molar refractivity (Wildman–Crippen MR) is 111 cm³/mol. The predicted octanol–water partition coefficient (Wildman–Crippen LogP) is 3.04. The molecule has 2 aromatic heterocycles. The summed E-state index contributed by atoms with van der Waals surface area (Å²) in [6, 6.07) is 5.61. The van der Waals surface area contributed by atoms with Crippen molar-refractivity contribution in [2.45, 2.75) is 26.5 Å². The standard InChI is InChI=1S/C21H21N7O2/c1-11-6-7-13-14(8-11)12(2)30-20-18(22)24-9-15(25-20)17-16(10-27(4)21(13)29)26-28(5)19(17)23-3/h6-9,12H,10H2,1-2,4-5H3,(H2,22,24)/t12-/m1/s1. The number of hydrogen-bond acceptors (Lipinski definition) is 6. The molecular weight excluding hydrogens is 382 g/mol. The van der Waals surface area contributed by atoms with Gasteiger partial charge in [-0.1, -0.05) is 24.3 Å². The van der Waals surface area contributed by atoms with Crippen LogP contribution in [-0.2, 0) is 13.6 Å². The van der Waals surface area contributed by atoms with Gasteiger partial charge in [0.2, 0.25) is 0 Å².